The SMILES string of the molecule is CC(C)S(=O)(=O)N1Cc2[nH]nc(N(C(=O)c3ccccc3)N3CCN(C)CC3)c2C1. The van der Waals surface area contributed by atoms with Gasteiger partial charge in [-0.25, -0.2) is 18.4 Å². The Labute approximate surface area is 177 Å². The number of hydrazine groups is 1. The molecule has 30 heavy (non-hydrogen) atoms. The summed E-state index contributed by atoms with van der Waals surface area (Å²) in [6.07, 6.45) is 0. The van der Waals surface area contributed by atoms with Gasteiger partial charge in [-0.1, -0.05) is 18.2 Å². The van der Waals surface area contributed by atoms with Gasteiger partial charge >= 0.3 is 0 Å². The minimum absolute atomic E-state index is 0.167. The number of carbonyl (C=O) groups excluding carboxylic acids is 1. The predicted molar refractivity (Wildman–Crippen MR) is 114 cm³/mol. The number of aromatic amines is 1. The molecular weight excluding hydrogens is 404 g/mol. The highest BCUT2D eigenvalue weighted by Gasteiger charge is 2.38. The first-order valence-electron chi connectivity index (χ1n) is 10.2. The van der Waals surface area contributed by atoms with E-state index in [-0.39, 0.29) is 19.0 Å². The van der Waals surface area contributed by atoms with Crippen molar-refractivity contribution in [2.75, 3.05) is 38.2 Å². The summed E-state index contributed by atoms with van der Waals surface area (Å²) in [5.74, 6) is 0.324. The number of rotatable bonds is 5. The second-order valence-corrected chi connectivity index (χ2v) is 10.6. The van der Waals surface area contributed by atoms with E-state index in [0.29, 0.717) is 24.5 Å². The zero-order valence-corrected chi connectivity index (χ0v) is 18.4. The summed E-state index contributed by atoms with van der Waals surface area (Å²) < 4.78 is 26.8. The van der Waals surface area contributed by atoms with Crippen LogP contribution < -0.4 is 5.01 Å². The van der Waals surface area contributed by atoms with Crippen molar-refractivity contribution in [3.8, 4) is 0 Å². The molecule has 162 valence electrons. The van der Waals surface area contributed by atoms with E-state index < -0.39 is 15.3 Å². The van der Waals surface area contributed by atoms with Gasteiger partial charge in [-0.3, -0.25) is 9.89 Å². The zero-order chi connectivity index (χ0) is 21.5. The number of hydrogen-bond donors (Lipinski definition) is 1. The van der Waals surface area contributed by atoms with E-state index in [9.17, 15) is 13.2 Å². The molecule has 1 aromatic heterocycles. The summed E-state index contributed by atoms with van der Waals surface area (Å²) in [4.78, 5) is 15.7. The highest BCUT2D eigenvalue weighted by molar-refractivity contribution is 7.89. The molecule has 2 aliphatic rings. The molecule has 1 saturated heterocycles. The molecule has 1 N–H and O–H groups in total. The molecule has 0 spiro atoms. The molecule has 0 bridgehead atoms. The summed E-state index contributed by atoms with van der Waals surface area (Å²) in [5.41, 5.74) is 2.08. The average Bonchev–Trinajstić information content (AvgIpc) is 3.32. The van der Waals surface area contributed by atoms with Crippen molar-refractivity contribution in [1.29, 1.82) is 0 Å². The lowest BCUT2D eigenvalue weighted by atomic mass is 10.2. The van der Waals surface area contributed by atoms with E-state index in [0.717, 1.165) is 24.3 Å². The van der Waals surface area contributed by atoms with Crippen molar-refractivity contribution in [3.63, 3.8) is 0 Å². The molecule has 2 aliphatic heterocycles. The van der Waals surface area contributed by atoms with Gasteiger partial charge < -0.3 is 4.90 Å². The molecule has 0 unspecified atom stereocenters. The Balaban J connectivity index is 1.69. The van der Waals surface area contributed by atoms with Crippen molar-refractivity contribution < 1.29 is 13.2 Å². The molecule has 2 aromatic rings. The number of likely N-dealkylation sites (N-methyl/N-ethyl adjacent to an activating group) is 1. The van der Waals surface area contributed by atoms with Crippen molar-refractivity contribution in [2.45, 2.75) is 32.2 Å². The molecular formula is C20H28N6O3S. The maximum Gasteiger partial charge on any atom is 0.274 e. The summed E-state index contributed by atoms with van der Waals surface area (Å²) in [6.45, 7) is 6.85. The van der Waals surface area contributed by atoms with Gasteiger partial charge in [-0.15, -0.1) is 0 Å². The Hall–Kier alpha value is -2.27. The van der Waals surface area contributed by atoms with E-state index >= 15 is 0 Å². The number of benzene rings is 1. The van der Waals surface area contributed by atoms with Gasteiger partial charge in [0.2, 0.25) is 10.0 Å². The molecule has 0 radical (unpaired) electrons. The summed E-state index contributed by atoms with van der Waals surface area (Å²) in [6, 6.07) is 9.11. The first kappa shape index (κ1) is 21.0. The van der Waals surface area contributed by atoms with Crippen molar-refractivity contribution in [3.05, 3.63) is 47.2 Å². The van der Waals surface area contributed by atoms with Crippen LogP contribution in [-0.2, 0) is 23.1 Å². The van der Waals surface area contributed by atoms with Crippen LogP contribution in [0.2, 0.25) is 0 Å². The van der Waals surface area contributed by atoms with Gasteiger partial charge in [0, 0.05) is 43.9 Å². The highest BCUT2D eigenvalue weighted by atomic mass is 32.2. The van der Waals surface area contributed by atoms with Gasteiger partial charge in [-0.2, -0.15) is 9.40 Å². The van der Waals surface area contributed by atoms with Crippen molar-refractivity contribution in [2.24, 2.45) is 0 Å². The van der Waals surface area contributed by atoms with Gasteiger partial charge in [-0.05, 0) is 33.0 Å². The van der Waals surface area contributed by atoms with E-state index in [4.69, 9.17) is 0 Å². The number of hydrogen-bond acceptors (Lipinski definition) is 6. The van der Waals surface area contributed by atoms with Crippen LogP contribution in [0.15, 0.2) is 30.3 Å². The molecule has 4 rings (SSSR count). The number of piperazine rings is 1. The maximum absolute atomic E-state index is 13.5. The third-order valence-corrected chi connectivity index (χ3v) is 7.90. The predicted octanol–water partition coefficient (Wildman–Crippen LogP) is 1.27. The number of sulfonamides is 1. The number of carbonyl (C=O) groups is 1. The first-order valence-corrected chi connectivity index (χ1v) is 11.7. The summed E-state index contributed by atoms with van der Waals surface area (Å²) in [7, 11) is -1.34. The van der Waals surface area contributed by atoms with Crippen LogP contribution in [-0.4, -0.2) is 77.2 Å². The fourth-order valence-corrected chi connectivity index (χ4v) is 5.02. The van der Waals surface area contributed by atoms with Gasteiger partial charge in [0.1, 0.15) is 0 Å². The van der Waals surface area contributed by atoms with Crippen LogP contribution in [0.4, 0.5) is 5.82 Å². The van der Waals surface area contributed by atoms with E-state index in [1.807, 2.05) is 23.2 Å². The van der Waals surface area contributed by atoms with Gasteiger partial charge in [0.05, 0.1) is 17.5 Å². The number of nitrogens with one attached hydrogen (secondary N) is 1. The van der Waals surface area contributed by atoms with Crippen molar-refractivity contribution in [1.82, 2.24) is 24.4 Å². The fourth-order valence-electron chi connectivity index (χ4n) is 3.81. The third kappa shape index (κ3) is 3.76. The second-order valence-electron chi connectivity index (χ2n) is 8.11. The maximum atomic E-state index is 13.5. The quantitative estimate of drug-likeness (QED) is 0.765. The van der Waals surface area contributed by atoms with Crippen LogP contribution in [0.5, 0.6) is 0 Å². The molecule has 0 atom stereocenters. The molecule has 3 heterocycles. The molecule has 1 fully saturated rings. The minimum Gasteiger partial charge on any atom is -0.304 e. The van der Waals surface area contributed by atoms with E-state index in [1.54, 1.807) is 31.0 Å². The Morgan fingerprint density at radius 1 is 1.10 bits per heavy atom. The highest BCUT2D eigenvalue weighted by Crippen LogP contribution is 2.33. The fraction of sp³-hybridized carbons (Fsp3) is 0.500. The first-order chi connectivity index (χ1) is 14.3. The Morgan fingerprint density at radius 2 is 1.77 bits per heavy atom. The number of anilines is 1. The molecule has 9 nitrogen and oxygen atoms in total. The molecule has 1 amide bonds. The van der Waals surface area contributed by atoms with Crippen LogP contribution >= 0.6 is 0 Å². The lowest BCUT2D eigenvalue weighted by Gasteiger charge is -2.39. The Morgan fingerprint density at radius 3 is 2.40 bits per heavy atom. The zero-order valence-electron chi connectivity index (χ0n) is 17.6. The van der Waals surface area contributed by atoms with E-state index in [2.05, 4.69) is 22.1 Å². The lowest BCUT2D eigenvalue weighted by Crippen LogP contribution is -2.55. The van der Waals surface area contributed by atoms with Gasteiger partial charge in [0.15, 0.2) is 5.82 Å². The van der Waals surface area contributed by atoms with Crippen LogP contribution in [0.25, 0.3) is 0 Å². The van der Waals surface area contributed by atoms with Crippen LogP contribution in [0.1, 0.15) is 35.5 Å². The Bertz CT molecular complexity index is 1010. The number of amides is 1. The number of fused-ring (bicyclic) bond motifs is 1. The topological polar surface area (TPSA) is 92.8 Å². The standard InChI is InChI=1S/C20H28N6O3S/c1-15(2)30(28,29)25-13-17-18(14-25)21-22-19(17)26(24-11-9-23(3)10-12-24)20(27)16-7-5-4-6-8-16/h4-8,15H,9-14H2,1-3H3,(H,21,22). The largest absolute Gasteiger partial charge is 0.304 e. The number of H-pyrrole nitrogens is 1. The summed E-state index contributed by atoms with van der Waals surface area (Å²) >= 11 is 0. The molecule has 0 aliphatic carbocycles. The van der Waals surface area contributed by atoms with Crippen LogP contribution in [0, 0.1) is 0 Å². The smallest absolute Gasteiger partial charge is 0.274 e. The average molecular weight is 433 g/mol. The monoisotopic (exact) mass is 432 g/mol. The van der Waals surface area contributed by atoms with Gasteiger partial charge in [0.25, 0.3) is 5.91 Å². The molecule has 10 heteroatoms. The van der Waals surface area contributed by atoms with Crippen molar-refractivity contribution >= 4 is 21.7 Å². The third-order valence-electron chi connectivity index (χ3n) is 5.73. The second kappa shape index (κ2) is 8.10. The minimum atomic E-state index is -3.40. The van der Waals surface area contributed by atoms with Crippen LogP contribution in [0.3, 0.4) is 0 Å². The Kier molecular flexibility index (Phi) is 5.67. The number of aromatic nitrogens is 2. The molecule has 0 saturated carbocycles. The normalized spacial score (nSPS) is 18.7. The lowest BCUT2D eigenvalue weighted by molar-refractivity contribution is 0.0816. The molecule has 1 aromatic carbocycles. The summed E-state index contributed by atoms with van der Waals surface area (Å²) in [5, 5.41) is 10.5. The number of nitrogens with zero attached hydrogens (tertiary/aromatic N) is 5. The van der Waals surface area contributed by atoms with E-state index in [1.165, 1.54) is 4.31 Å².